The van der Waals surface area contributed by atoms with E-state index in [0.29, 0.717) is 13.0 Å². The average molecular weight is 429 g/mol. The molecule has 6 N–H and O–H groups in total. The van der Waals surface area contributed by atoms with Crippen molar-refractivity contribution in [2.45, 2.75) is 43.4 Å². The van der Waals surface area contributed by atoms with E-state index in [1.165, 1.54) is 0 Å². The minimum absolute atomic E-state index is 0. The quantitative estimate of drug-likeness (QED) is 0.215. The molecule has 0 bridgehead atoms. The van der Waals surface area contributed by atoms with Crippen LogP contribution in [0.3, 0.4) is 0 Å². The van der Waals surface area contributed by atoms with Crippen LogP contribution in [0.15, 0.2) is 0 Å². The van der Waals surface area contributed by atoms with E-state index in [1.54, 1.807) is 0 Å². The fourth-order valence-corrected chi connectivity index (χ4v) is 4.54. The maximum absolute atomic E-state index is 11.1. The molecule has 9 nitrogen and oxygen atoms in total. The number of hydrogen-bond donors (Lipinski definition) is 5. The van der Waals surface area contributed by atoms with Crippen LogP contribution in [0.4, 0.5) is 0 Å². The first-order valence-electron chi connectivity index (χ1n) is 6.20. The number of hydrogen-bond acceptors (Lipinski definition) is 5. The van der Waals surface area contributed by atoms with Crippen molar-refractivity contribution >= 4 is 133 Å². The summed E-state index contributed by atoms with van der Waals surface area (Å²) in [6.07, 6.45) is 1.66. The first-order chi connectivity index (χ1) is 9.10. The van der Waals surface area contributed by atoms with E-state index in [9.17, 15) is 9.13 Å². The van der Waals surface area contributed by atoms with Gasteiger partial charge < -0.3 is 34.8 Å². The van der Waals surface area contributed by atoms with E-state index in [0.717, 1.165) is 12.8 Å². The van der Waals surface area contributed by atoms with Crippen LogP contribution >= 0.6 is 15.2 Å². The van der Waals surface area contributed by atoms with Gasteiger partial charge in [-0.15, -0.1) is 0 Å². The zero-order valence-electron chi connectivity index (χ0n) is 10.9. The Morgan fingerprint density at radius 3 is 1.92 bits per heavy atom. The van der Waals surface area contributed by atoms with Gasteiger partial charge in [-0.25, -0.2) is 0 Å². The zero-order valence-corrected chi connectivity index (χ0v) is 12.7. The molecule has 1 saturated heterocycles. The molecule has 128 valence electrons. The van der Waals surface area contributed by atoms with Gasteiger partial charge in [0, 0.05) is 12.6 Å². The summed E-state index contributed by atoms with van der Waals surface area (Å²) >= 11 is 0. The summed E-state index contributed by atoms with van der Waals surface area (Å²) in [5.41, 5.74) is 5.62. The molecule has 1 aliphatic heterocycles. The number of nitrogens with two attached hydrogens (primary N) is 1. The zero-order chi connectivity index (χ0) is 15.4. The number of ether oxygens (including phenoxy) is 2. The monoisotopic (exact) mass is 429 g/mol. The Morgan fingerprint density at radius 1 is 1.04 bits per heavy atom. The Bertz CT molecular complexity index is 381. The SMILES string of the molecule is NC(COC1CCCCO1)CC(P(=O)(O)O)P(=O)(O)O.[NaH].[NaH].[NaH].[NaH]. The van der Waals surface area contributed by atoms with E-state index in [2.05, 4.69) is 0 Å². The van der Waals surface area contributed by atoms with Crippen LogP contribution in [0.25, 0.3) is 0 Å². The standard InChI is InChI=1S/C9H21NO8P2.4Na.4H/c10-7(6-18-8-3-1-2-4-17-8)5-9(19(11,12)13)20(14,15)16;;;;;;;;/h7-9H,1-6,10H2,(H2,11,12,13)(H2,14,15,16);;;;;;;;. The minimum atomic E-state index is -4.94. The second-order valence-corrected chi connectivity index (χ2v) is 8.79. The summed E-state index contributed by atoms with van der Waals surface area (Å²) in [6.45, 7) is 0.495. The first kappa shape index (κ1) is 35.6. The molecular weight excluding hydrogens is 404 g/mol. The molecule has 0 aromatic carbocycles. The van der Waals surface area contributed by atoms with Gasteiger partial charge in [-0.2, -0.15) is 0 Å². The fraction of sp³-hybridized carbons (Fsp3) is 1.00. The molecule has 0 aromatic heterocycles. The van der Waals surface area contributed by atoms with Gasteiger partial charge in [-0.3, -0.25) is 9.13 Å². The molecule has 1 rings (SSSR count). The van der Waals surface area contributed by atoms with Gasteiger partial charge in [-0.1, -0.05) is 0 Å². The molecule has 0 amide bonds. The Morgan fingerprint density at radius 2 is 1.54 bits per heavy atom. The molecule has 24 heavy (non-hydrogen) atoms. The van der Waals surface area contributed by atoms with Crippen LogP contribution in [0.1, 0.15) is 25.7 Å². The summed E-state index contributed by atoms with van der Waals surface area (Å²) in [7, 11) is -9.87. The summed E-state index contributed by atoms with van der Waals surface area (Å²) in [5, 5.41) is -2.10. The predicted octanol–water partition coefficient (Wildman–Crippen LogP) is -2.67. The van der Waals surface area contributed by atoms with Gasteiger partial charge in [0.2, 0.25) is 0 Å². The normalized spacial score (nSPS) is 19.2. The van der Waals surface area contributed by atoms with E-state index in [4.69, 9.17) is 34.8 Å². The van der Waals surface area contributed by atoms with Crippen LogP contribution in [-0.2, 0) is 18.6 Å². The second kappa shape index (κ2) is 16.9. The second-order valence-electron chi connectivity index (χ2n) is 4.78. The van der Waals surface area contributed by atoms with Gasteiger partial charge in [0.25, 0.3) is 0 Å². The molecular formula is C9H25NNa4O8P2. The molecule has 0 radical (unpaired) electrons. The Kier molecular flexibility index (Phi) is 25.1. The average Bonchev–Trinajstić information content (AvgIpc) is 2.32. The van der Waals surface area contributed by atoms with Crippen LogP contribution in [0.2, 0.25) is 0 Å². The van der Waals surface area contributed by atoms with Gasteiger partial charge in [0.1, 0.15) is 0 Å². The van der Waals surface area contributed by atoms with Gasteiger partial charge in [-0.05, 0) is 25.7 Å². The molecule has 15 heteroatoms. The molecule has 1 heterocycles. The van der Waals surface area contributed by atoms with Crippen molar-refractivity contribution in [3.05, 3.63) is 0 Å². The summed E-state index contributed by atoms with van der Waals surface area (Å²) in [5.74, 6) is 0. The van der Waals surface area contributed by atoms with Crippen molar-refractivity contribution in [3.8, 4) is 0 Å². The molecule has 0 aliphatic carbocycles. The molecule has 2 atom stereocenters. The third-order valence-electron chi connectivity index (χ3n) is 2.92. The van der Waals surface area contributed by atoms with Crippen molar-refractivity contribution in [1.82, 2.24) is 0 Å². The molecule has 1 fully saturated rings. The van der Waals surface area contributed by atoms with Gasteiger partial charge in [0.05, 0.1) is 6.61 Å². The third kappa shape index (κ3) is 15.1. The van der Waals surface area contributed by atoms with Crippen molar-refractivity contribution in [2.75, 3.05) is 13.2 Å². The predicted molar refractivity (Wildman–Crippen MR) is 98.6 cm³/mol. The molecule has 1 aliphatic rings. The van der Waals surface area contributed by atoms with Crippen molar-refractivity contribution in [2.24, 2.45) is 5.73 Å². The van der Waals surface area contributed by atoms with E-state index in [1.807, 2.05) is 0 Å². The molecule has 0 saturated carbocycles. The van der Waals surface area contributed by atoms with E-state index >= 15 is 0 Å². The van der Waals surface area contributed by atoms with E-state index in [-0.39, 0.29) is 125 Å². The van der Waals surface area contributed by atoms with Crippen LogP contribution < -0.4 is 5.73 Å². The van der Waals surface area contributed by atoms with Crippen molar-refractivity contribution < 1.29 is 38.2 Å². The molecule has 2 unspecified atom stereocenters. The Hall–Kier alpha value is 4.18. The van der Waals surface area contributed by atoms with Crippen LogP contribution in [0.5, 0.6) is 0 Å². The topological polar surface area (TPSA) is 160 Å². The number of rotatable bonds is 7. The molecule has 0 spiro atoms. The Balaban J connectivity index is -0.000000500. The first-order valence-corrected chi connectivity index (χ1v) is 9.56. The fourth-order valence-electron chi connectivity index (χ4n) is 1.88. The van der Waals surface area contributed by atoms with Gasteiger partial charge >= 0.3 is 133 Å². The van der Waals surface area contributed by atoms with Gasteiger partial charge in [0.15, 0.2) is 11.7 Å². The van der Waals surface area contributed by atoms with Crippen molar-refractivity contribution in [3.63, 3.8) is 0 Å². The molecule has 0 aromatic rings. The summed E-state index contributed by atoms with van der Waals surface area (Å²) in [4.78, 5) is 35.9. The summed E-state index contributed by atoms with van der Waals surface area (Å²) in [6, 6.07) is -0.897. The maximum atomic E-state index is 11.1. The van der Waals surface area contributed by atoms with Crippen molar-refractivity contribution in [1.29, 1.82) is 0 Å². The Labute approximate surface area is 230 Å². The van der Waals surface area contributed by atoms with E-state index < -0.39 is 39.3 Å². The third-order valence-corrected chi connectivity index (χ3v) is 6.70. The summed E-state index contributed by atoms with van der Waals surface area (Å²) < 4.78 is 32.8. The van der Waals surface area contributed by atoms with Crippen LogP contribution in [-0.4, -0.2) is 169 Å². The van der Waals surface area contributed by atoms with Crippen LogP contribution in [0, 0.1) is 0 Å².